The fourth-order valence-corrected chi connectivity index (χ4v) is 0.779. The molecule has 5 heteroatoms. The predicted molar refractivity (Wildman–Crippen MR) is 50.0 cm³/mol. The second-order valence-corrected chi connectivity index (χ2v) is 2.41. The van der Waals surface area contributed by atoms with Gasteiger partial charge in [0, 0.05) is 12.8 Å². The van der Waals surface area contributed by atoms with Crippen molar-refractivity contribution in [3.63, 3.8) is 0 Å². The van der Waals surface area contributed by atoms with Crippen LogP contribution in [-0.4, -0.2) is 23.7 Å². The van der Waals surface area contributed by atoms with Crippen LogP contribution in [0.5, 0.6) is 0 Å². The quantitative estimate of drug-likeness (QED) is 0.535. The van der Waals surface area contributed by atoms with Gasteiger partial charge in [0.25, 0.3) is 0 Å². The average Bonchev–Trinajstić information content (AvgIpc) is 1.98. The molecule has 0 aromatic carbocycles. The fraction of sp³-hybridized carbons (Fsp3) is 0.750. The first-order chi connectivity index (χ1) is 5.66. The molecule has 0 saturated heterocycles. The molecule has 0 bridgehead atoms. The number of ether oxygens (including phenoxy) is 1. The molecule has 0 heterocycles. The van der Waals surface area contributed by atoms with Crippen LogP contribution in [0.2, 0.25) is 0 Å². The van der Waals surface area contributed by atoms with Gasteiger partial charge in [-0.15, -0.1) is 12.4 Å². The van der Waals surface area contributed by atoms with Crippen molar-refractivity contribution in [2.45, 2.75) is 32.6 Å². The number of carbonyl (C=O) groups is 2. The van der Waals surface area contributed by atoms with Gasteiger partial charge < -0.3 is 9.84 Å². The molecule has 1 N–H and O–H groups in total. The van der Waals surface area contributed by atoms with Crippen LogP contribution in [0.4, 0.5) is 0 Å². The molecule has 0 aliphatic rings. The zero-order chi connectivity index (χ0) is 9.40. The van der Waals surface area contributed by atoms with Crippen molar-refractivity contribution in [1.29, 1.82) is 0 Å². The van der Waals surface area contributed by atoms with Crippen molar-refractivity contribution in [3.05, 3.63) is 0 Å². The summed E-state index contributed by atoms with van der Waals surface area (Å²) in [7, 11) is 0. The summed E-state index contributed by atoms with van der Waals surface area (Å²) in [4.78, 5) is 20.8. The molecule has 13 heavy (non-hydrogen) atoms. The van der Waals surface area contributed by atoms with Gasteiger partial charge in [-0.25, -0.2) is 0 Å². The normalized spacial score (nSPS) is 8.69. The van der Waals surface area contributed by atoms with E-state index >= 15 is 0 Å². The van der Waals surface area contributed by atoms with Gasteiger partial charge in [0.15, 0.2) is 0 Å². The average molecular weight is 211 g/mol. The van der Waals surface area contributed by atoms with Gasteiger partial charge in [-0.05, 0) is 19.8 Å². The van der Waals surface area contributed by atoms with Crippen LogP contribution in [0.15, 0.2) is 0 Å². The summed E-state index contributed by atoms with van der Waals surface area (Å²) >= 11 is 0. The standard InChI is InChI=1S/C8H14O4.ClH/c1-2-12-8(11)6-4-3-5-7(9)10;/h2-6H2,1H3,(H,9,10);1H. The number of halogens is 1. The summed E-state index contributed by atoms with van der Waals surface area (Å²) in [5.74, 6) is -1.07. The molecular formula is C8H15ClO4. The lowest BCUT2D eigenvalue weighted by Gasteiger charge is -1.99. The minimum atomic E-state index is -0.821. The second kappa shape index (κ2) is 9.32. The van der Waals surface area contributed by atoms with Gasteiger partial charge in [-0.1, -0.05) is 0 Å². The zero-order valence-electron chi connectivity index (χ0n) is 7.62. The van der Waals surface area contributed by atoms with Crippen molar-refractivity contribution in [1.82, 2.24) is 0 Å². The molecule has 0 atom stereocenters. The molecule has 0 rings (SSSR count). The predicted octanol–water partition coefficient (Wildman–Crippen LogP) is 1.62. The van der Waals surface area contributed by atoms with Crippen molar-refractivity contribution in [3.8, 4) is 0 Å². The molecule has 0 aliphatic heterocycles. The molecule has 0 radical (unpaired) electrons. The van der Waals surface area contributed by atoms with Crippen molar-refractivity contribution >= 4 is 24.3 Å². The van der Waals surface area contributed by atoms with Crippen LogP contribution in [0.1, 0.15) is 32.6 Å². The smallest absolute Gasteiger partial charge is 0.305 e. The molecule has 0 aromatic rings. The molecule has 0 unspecified atom stereocenters. The third kappa shape index (κ3) is 11.2. The maximum Gasteiger partial charge on any atom is 0.305 e. The van der Waals surface area contributed by atoms with Crippen LogP contribution in [0.25, 0.3) is 0 Å². The van der Waals surface area contributed by atoms with E-state index in [1.807, 2.05) is 0 Å². The van der Waals surface area contributed by atoms with E-state index in [1.54, 1.807) is 6.92 Å². The van der Waals surface area contributed by atoms with E-state index in [1.165, 1.54) is 0 Å². The summed E-state index contributed by atoms with van der Waals surface area (Å²) in [5.41, 5.74) is 0. The molecule has 0 amide bonds. The highest BCUT2D eigenvalue weighted by Gasteiger charge is 2.02. The number of hydrogen-bond acceptors (Lipinski definition) is 3. The number of hydrogen-bond donors (Lipinski definition) is 1. The van der Waals surface area contributed by atoms with Crippen molar-refractivity contribution in [2.24, 2.45) is 0 Å². The van der Waals surface area contributed by atoms with Gasteiger partial charge in [0.2, 0.25) is 0 Å². The highest BCUT2D eigenvalue weighted by molar-refractivity contribution is 5.85. The van der Waals surface area contributed by atoms with Crippen LogP contribution < -0.4 is 0 Å². The van der Waals surface area contributed by atoms with E-state index in [4.69, 9.17) is 5.11 Å². The van der Waals surface area contributed by atoms with E-state index < -0.39 is 5.97 Å². The Kier molecular flexibility index (Phi) is 10.6. The van der Waals surface area contributed by atoms with Crippen LogP contribution in [0, 0.1) is 0 Å². The first-order valence-electron chi connectivity index (χ1n) is 4.04. The van der Waals surface area contributed by atoms with Gasteiger partial charge in [-0.2, -0.15) is 0 Å². The minimum Gasteiger partial charge on any atom is -0.481 e. The van der Waals surface area contributed by atoms with Gasteiger partial charge in [-0.3, -0.25) is 9.59 Å². The lowest BCUT2D eigenvalue weighted by atomic mass is 10.2. The Bertz CT molecular complexity index is 158. The lowest BCUT2D eigenvalue weighted by Crippen LogP contribution is -2.03. The largest absolute Gasteiger partial charge is 0.481 e. The summed E-state index contributed by atoms with van der Waals surface area (Å²) in [6.45, 7) is 2.13. The number of carboxylic acid groups (broad SMARTS) is 1. The molecule has 0 aliphatic carbocycles. The van der Waals surface area contributed by atoms with Crippen LogP contribution >= 0.6 is 12.4 Å². The third-order valence-corrected chi connectivity index (χ3v) is 1.33. The molecule has 0 spiro atoms. The van der Waals surface area contributed by atoms with Gasteiger partial charge in [0.1, 0.15) is 0 Å². The topological polar surface area (TPSA) is 63.6 Å². The monoisotopic (exact) mass is 210 g/mol. The number of carbonyl (C=O) groups excluding carboxylic acids is 1. The molecular weight excluding hydrogens is 196 g/mol. The first-order valence-corrected chi connectivity index (χ1v) is 4.04. The Morgan fingerprint density at radius 3 is 2.23 bits per heavy atom. The lowest BCUT2D eigenvalue weighted by molar-refractivity contribution is -0.143. The van der Waals surface area contributed by atoms with E-state index in [2.05, 4.69) is 4.74 Å². The van der Waals surface area contributed by atoms with Crippen molar-refractivity contribution in [2.75, 3.05) is 6.61 Å². The zero-order valence-corrected chi connectivity index (χ0v) is 8.43. The Morgan fingerprint density at radius 1 is 1.23 bits per heavy atom. The maximum atomic E-state index is 10.7. The molecule has 0 saturated carbocycles. The van der Waals surface area contributed by atoms with E-state index in [-0.39, 0.29) is 24.8 Å². The molecule has 4 nitrogen and oxygen atoms in total. The number of rotatable bonds is 6. The number of esters is 1. The number of carboxylic acids is 1. The van der Waals surface area contributed by atoms with Gasteiger partial charge >= 0.3 is 11.9 Å². The maximum absolute atomic E-state index is 10.7. The van der Waals surface area contributed by atoms with E-state index in [0.29, 0.717) is 25.9 Å². The summed E-state index contributed by atoms with van der Waals surface area (Å²) < 4.78 is 4.66. The third-order valence-electron chi connectivity index (χ3n) is 1.33. The van der Waals surface area contributed by atoms with Crippen LogP contribution in [-0.2, 0) is 14.3 Å². The minimum absolute atomic E-state index is 0. The summed E-state index contributed by atoms with van der Waals surface area (Å²) in [6.07, 6.45) is 1.57. The SMILES string of the molecule is CCOC(=O)CCCCC(=O)O.Cl. The Hall–Kier alpha value is -0.770. The fourth-order valence-electron chi connectivity index (χ4n) is 0.779. The summed E-state index contributed by atoms with van der Waals surface area (Å²) in [6, 6.07) is 0. The Balaban J connectivity index is 0. The highest BCUT2D eigenvalue weighted by Crippen LogP contribution is 2.00. The van der Waals surface area contributed by atoms with Gasteiger partial charge in [0.05, 0.1) is 6.61 Å². The summed E-state index contributed by atoms with van der Waals surface area (Å²) in [5, 5.41) is 8.27. The van der Waals surface area contributed by atoms with Crippen molar-refractivity contribution < 1.29 is 19.4 Å². The molecule has 78 valence electrons. The Morgan fingerprint density at radius 2 is 1.77 bits per heavy atom. The van der Waals surface area contributed by atoms with E-state index in [9.17, 15) is 9.59 Å². The Labute approximate surface area is 83.7 Å². The van der Waals surface area contributed by atoms with E-state index in [0.717, 1.165) is 0 Å². The highest BCUT2D eigenvalue weighted by atomic mass is 35.5. The molecule has 0 fully saturated rings. The molecule has 0 aromatic heterocycles. The number of aliphatic carboxylic acids is 1. The first kappa shape index (κ1) is 14.7. The number of unbranched alkanes of at least 4 members (excludes halogenated alkanes) is 1. The second-order valence-electron chi connectivity index (χ2n) is 2.41. The van der Waals surface area contributed by atoms with Crippen LogP contribution in [0.3, 0.4) is 0 Å².